The van der Waals surface area contributed by atoms with Crippen LogP contribution in [0.5, 0.6) is 0 Å². The second-order valence-corrected chi connectivity index (χ2v) is 3.89. The molecule has 1 aromatic rings. The summed E-state index contributed by atoms with van der Waals surface area (Å²) in [4.78, 5) is 44.9. The molecule has 0 aliphatic rings. The maximum atomic E-state index is 11.7. The van der Waals surface area contributed by atoms with Gasteiger partial charge in [0.2, 0.25) is 5.78 Å². The number of carbonyl (C=O) groups is 4. The number of ketones is 3. The number of carbonyl (C=O) groups excluding carboxylic acids is 4. The van der Waals surface area contributed by atoms with Gasteiger partial charge in [0, 0.05) is 18.4 Å². The van der Waals surface area contributed by atoms with Gasteiger partial charge in [0.1, 0.15) is 0 Å². The van der Waals surface area contributed by atoms with E-state index in [0.29, 0.717) is 5.56 Å². The zero-order valence-electron chi connectivity index (χ0n) is 10.5. The van der Waals surface area contributed by atoms with E-state index in [1.54, 1.807) is 30.3 Å². The SMILES string of the molecule is COC(=O)C(=O)C(=O)CCCC(=O)c1ccccc1. The lowest BCUT2D eigenvalue weighted by Crippen LogP contribution is -2.24. The predicted octanol–water partition coefficient (Wildman–Crippen LogP) is 1.35. The molecule has 0 aliphatic heterocycles. The molecule has 1 aromatic carbocycles. The lowest BCUT2D eigenvalue weighted by atomic mass is 10.0. The number of hydrogen-bond donors (Lipinski definition) is 0. The highest BCUT2D eigenvalue weighted by atomic mass is 16.5. The van der Waals surface area contributed by atoms with Crippen molar-refractivity contribution in [2.75, 3.05) is 7.11 Å². The van der Waals surface area contributed by atoms with E-state index in [1.165, 1.54) is 0 Å². The second-order valence-electron chi connectivity index (χ2n) is 3.89. The van der Waals surface area contributed by atoms with Gasteiger partial charge in [-0.3, -0.25) is 14.4 Å². The number of hydrogen-bond acceptors (Lipinski definition) is 5. The molecule has 1 rings (SSSR count). The van der Waals surface area contributed by atoms with E-state index in [1.807, 2.05) is 0 Å². The largest absolute Gasteiger partial charge is 0.463 e. The minimum atomic E-state index is -1.17. The quantitative estimate of drug-likeness (QED) is 0.321. The van der Waals surface area contributed by atoms with Crippen LogP contribution in [0.4, 0.5) is 0 Å². The standard InChI is InChI=1S/C14H14O5/c1-19-14(18)13(17)12(16)9-5-8-11(15)10-6-3-2-4-7-10/h2-4,6-7H,5,8-9H2,1H3. The van der Waals surface area contributed by atoms with Gasteiger partial charge < -0.3 is 4.74 Å². The Bertz CT molecular complexity index is 490. The maximum absolute atomic E-state index is 11.7. The van der Waals surface area contributed by atoms with Crippen LogP contribution in [0.2, 0.25) is 0 Å². The summed E-state index contributed by atoms with van der Waals surface area (Å²) in [6.45, 7) is 0. The van der Waals surface area contributed by atoms with E-state index in [2.05, 4.69) is 4.74 Å². The summed E-state index contributed by atoms with van der Waals surface area (Å²) in [6, 6.07) is 8.67. The van der Waals surface area contributed by atoms with Crippen molar-refractivity contribution in [3.8, 4) is 0 Å². The van der Waals surface area contributed by atoms with Gasteiger partial charge in [0.05, 0.1) is 7.11 Å². The van der Waals surface area contributed by atoms with Crippen molar-refractivity contribution in [3.05, 3.63) is 35.9 Å². The molecule has 0 aromatic heterocycles. The molecule has 0 unspecified atom stereocenters. The lowest BCUT2D eigenvalue weighted by molar-refractivity contribution is -0.155. The molecule has 0 heterocycles. The maximum Gasteiger partial charge on any atom is 0.382 e. The third-order valence-electron chi connectivity index (χ3n) is 2.53. The summed E-state index contributed by atoms with van der Waals surface area (Å²) in [5.41, 5.74) is 0.564. The first-order valence-electron chi connectivity index (χ1n) is 5.80. The molecule has 0 saturated carbocycles. The Morgan fingerprint density at radius 2 is 1.63 bits per heavy atom. The summed E-state index contributed by atoms with van der Waals surface area (Å²) < 4.78 is 4.15. The third kappa shape index (κ3) is 4.46. The summed E-state index contributed by atoms with van der Waals surface area (Å²) >= 11 is 0. The smallest absolute Gasteiger partial charge is 0.382 e. The molecular formula is C14H14O5. The van der Waals surface area contributed by atoms with Gasteiger partial charge in [-0.15, -0.1) is 0 Å². The summed E-state index contributed by atoms with van der Waals surface area (Å²) in [5, 5.41) is 0. The van der Waals surface area contributed by atoms with Crippen LogP contribution in [0, 0.1) is 0 Å². The first-order chi connectivity index (χ1) is 9.06. The van der Waals surface area contributed by atoms with Gasteiger partial charge in [-0.25, -0.2) is 4.79 Å². The first-order valence-corrected chi connectivity index (χ1v) is 5.80. The molecule has 100 valence electrons. The van der Waals surface area contributed by atoms with Crippen LogP contribution in [-0.4, -0.2) is 30.4 Å². The number of Topliss-reactive ketones (excluding diaryl/α,β-unsaturated/α-hetero) is 3. The Balaban J connectivity index is 2.39. The number of rotatable bonds is 7. The molecule has 0 bridgehead atoms. The van der Waals surface area contributed by atoms with Crippen LogP contribution in [0.3, 0.4) is 0 Å². The molecule has 0 N–H and O–H groups in total. The van der Waals surface area contributed by atoms with E-state index in [4.69, 9.17) is 0 Å². The van der Waals surface area contributed by atoms with Crippen LogP contribution in [0.1, 0.15) is 29.6 Å². The molecule has 0 fully saturated rings. The van der Waals surface area contributed by atoms with E-state index >= 15 is 0 Å². The van der Waals surface area contributed by atoms with Gasteiger partial charge in [-0.2, -0.15) is 0 Å². The highest BCUT2D eigenvalue weighted by Crippen LogP contribution is 2.07. The second kappa shape index (κ2) is 7.20. The summed E-state index contributed by atoms with van der Waals surface area (Å²) in [7, 11) is 1.03. The molecule has 0 amide bonds. The molecule has 0 radical (unpaired) electrons. The average Bonchev–Trinajstić information content (AvgIpc) is 2.46. The van der Waals surface area contributed by atoms with Gasteiger partial charge in [0.15, 0.2) is 5.78 Å². The van der Waals surface area contributed by atoms with Crippen LogP contribution in [0.15, 0.2) is 30.3 Å². The van der Waals surface area contributed by atoms with Gasteiger partial charge in [-0.05, 0) is 6.42 Å². The number of methoxy groups -OCH3 is 1. The fourth-order valence-corrected chi connectivity index (χ4v) is 1.50. The predicted molar refractivity (Wildman–Crippen MR) is 66.7 cm³/mol. The molecule has 0 saturated heterocycles. The van der Waals surface area contributed by atoms with E-state index in [-0.39, 0.29) is 25.0 Å². The molecule has 0 aliphatic carbocycles. The van der Waals surface area contributed by atoms with Gasteiger partial charge >= 0.3 is 11.8 Å². The summed E-state index contributed by atoms with van der Waals surface area (Å²) in [5.74, 6) is -3.26. The lowest BCUT2D eigenvalue weighted by Gasteiger charge is -2.00. The molecule has 19 heavy (non-hydrogen) atoms. The first kappa shape index (κ1) is 14.8. The Morgan fingerprint density at radius 3 is 2.21 bits per heavy atom. The van der Waals surface area contributed by atoms with E-state index < -0.39 is 17.5 Å². The van der Waals surface area contributed by atoms with Crippen molar-refractivity contribution < 1.29 is 23.9 Å². The number of esters is 1. The van der Waals surface area contributed by atoms with Crippen molar-refractivity contribution in [2.24, 2.45) is 0 Å². The van der Waals surface area contributed by atoms with Crippen LogP contribution in [0.25, 0.3) is 0 Å². The van der Waals surface area contributed by atoms with E-state index in [0.717, 1.165) is 7.11 Å². The van der Waals surface area contributed by atoms with Crippen LogP contribution in [-0.2, 0) is 19.1 Å². The number of benzene rings is 1. The molecular weight excluding hydrogens is 248 g/mol. The molecule has 5 nitrogen and oxygen atoms in total. The zero-order chi connectivity index (χ0) is 14.3. The van der Waals surface area contributed by atoms with Crippen molar-refractivity contribution in [1.29, 1.82) is 0 Å². The average molecular weight is 262 g/mol. The van der Waals surface area contributed by atoms with Crippen molar-refractivity contribution in [3.63, 3.8) is 0 Å². The topological polar surface area (TPSA) is 77.5 Å². The van der Waals surface area contributed by atoms with Crippen LogP contribution < -0.4 is 0 Å². The van der Waals surface area contributed by atoms with Crippen molar-refractivity contribution in [1.82, 2.24) is 0 Å². The minimum absolute atomic E-state index is 0.0982. The van der Waals surface area contributed by atoms with Crippen LogP contribution >= 0.6 is 0 Å². The number of ether oxygens (including phenoxy) is 1. The molecule has 5 heteroatoms. The summed E-state index contributed by atoms with van der Waals surface area (Å²) in [6.07, 6.45) is 0.256. The Morgan fingerprint density at radius 1 is 1.00 bits per heavy atom. The third-order valence-corrected chi connectivity index (χ3v) is 2.53. The molecule has 0 atom stereocenters. The van der Waals surface area contributed by atoms with Gasteiger partial charge in [-0.1, -0.05) is 30.3 Å². The zero-order valence-corrected chi connectivity index (χ0v) is 10.5. The highest BCUT2D eigenvalue weighted by Gasteiger charge is 2.22. The Hall–Kier alpha value is -2.30. The fourth-order valence-electron chi connectivity index (χ4n) is 1.50. The fraction of sp³-hybridized carbons (Fsp3) is 0.286. The van der Waals surface area contributed by atoms with Gasteiger partial charge in [0.25, 0.3) is 0 Å². The normalized spacial score (nSPS) is 9.74. The Labute approximate surface area is 110 Å². The van der Waals surface area contributed by atoms with Crippen molar-refractivity contribution in [2.45, 2.75) is 19.3 Å². The Kier molecular flexibility index (Phi) is 5.60. The molecule has 0 spiro atoms. The van der Waals surface area contributed by atoms with E-state index in [9.17, 15) is 19.2 Å². The minimum Gasteiger partial charge on any atom is -0.463 e. The monoisotopic (exact) mass is 262 g/mol. The highest BCUT2D eigenvalue weighted by molar-refractivity contribution is 6.62. The van der Waals surface area contributed by atoms with Crippen molar-refractivity contribution >= 4 is 23.3 Å².